The van der Waals surface area contributed by atoms with Crippen molar-refractivity contribution in [3.8, 4) is 0 Å². The molecule has 0 aliphatic heterocycles. The van der Waals surface area contributed by atoms with Crippen molar-refractivity contribution in [3.63, 3.8) is 0 Å². The molecule has 86 valence electrons. The van der Waals surface area contributed by atoms with Gasteiger partial charge in [-0.2, -0.15) is 0 Å². The van der Waals surface area contributed by atoms with Crippen LogP contribution in [0.25, 0.3) is 0 Å². The van der Waals surface area contributed by atoms with Crippen LogP contribution in [-0.4, -0.2) is 61.9 Å². The summed E-state index contributed by atoms with van der Waals surface area (Å²) >= 11 is 0. The first-order valence-corrected chi connectivity index (χ1v) is 4.31. The van der Waals surface area contributed by atoms with Crippen LogP contribution in [0.1, 0.15) is 0 Å². The average molecular weight is 216 g/mol. The number of carbonyl (C=O) groups excluding carboxylic acids is 3. The van der Waals surface area contributed by atoms with Crippen molar-refractivity contribution < 1.29 is 14.4 Å². The van der Waals surface area contributed by atoms with E-state index in [1.54, 1.807) is 21.1 Å². The smallest absolute Gasteiger partial charge is 0.318 e. The third kappa shape index (κ3) is 6.44. The summed E-state index contributed by atoms with van der Waals surface area (Å²) in [7, 11) is 4.85. The maximum atomic E-state index is 11.2. The Labute approximate surface area is 88.2 Å². The van der Waals surface area contributed by atoms with E-state index in [9.17, 15) is 14.4 Å². The molecule has 0 rings (SSSR count). The SMILES string of the molecule is CN(CC(=O)NC(N)=O)CC(=O)N(C)C. The van der Waals surface area contributed by atoms with Crippen LogP contribution in [0.2, 0.25) is 0 Å². The minimum absolute atomic E-state index is 0.0531. The summed E-state index contributed by atoms with van der Waals surface area (Å²) in [5.41, 5.74) is 4.75. The van der Waals surface area contributed by atoms with Crippen molar-refractivity contribution in [1.82, 2.24) is 15.1 Å². The normalized spacial score (nSPS) is 9.87. The molecule has 0 aromatic heterocycles. The number of urea groups is 1. The van der Waals surface area contributed by atoms with Crippen LogP contribution in [0.3, 0.4) is 0 Å². The quantitative estimate of drug-likeness (QED) is 0.579. The molecule has 0 radical (unpaired) electrons. The summed E-state index contributed by atoms with van der Waals surface area (Å²) in [4.78, 5) is 35.5. The minimum Gasteiger partial charge on any atom is -0.351 e. The number of rotatable bonds is 4. The Hall–Kier alpha value is -1.63. The molecule has 7 nitrogen and oxygen atoms in total. The number of amides is 4. The van der Waals surface area contributed by atoms with Crippen molar-refractivity contribution in [1.29, 1.82) is 0 Å². The van der Waals surface area contributed by atoms with Crippen molar-refractivity contribution in [2.45, 2.75) is 0 Å². The van der Waals surface area contributed by atoms with E-state index in [0.29, 0.717) is 0 Å². The predicted octanol–water partition coefficient (Wildman–Crippen LogP) is -1.80. The molecule has 0 aliphatic rings. The molecule has 0 aliphatic carbocycles. The molecule has 0 bridgehead atoms. The van der Waals surface area contributed by atoms with Crippen molar-refractivity contribution in [3.05, 3.63) is 0 Å². The molecule has 0 unspecified atom stereocenters. The first-order valence-electron chi connectivity index (χ1n) is 4.31. The highest BCUT2D eigenvalue weighted by Crippen LogP contribution is 1.86. The lowest BCUT2D eigenvalue weighted by molar-refractivity contribution is -0.130. The van der Waals surface area contributed by atoms with Gasteiger partial charge in [-0.25, -0.2) is 4.79 Å². The van der Waals surface area contributed by atoms with E-state index in [-0.39, 0.29) is 19.0 Å². The van der Waals surface area contributed by atoms with Crippen LogP contribution in [-0.2, 0) is 9.59 Å². The number of carbonyl (C=O) groups is 3. The standard InChI is InChI=1S/C8H16N4O3/c1-11(2)7(14)5-12(3)4-6(13)10-8(9)15/h4-5H2,1-3H3,(H3,9,10,13,15). The third-order valence-corrected chi connectivity index (χ3v) is 1.58. The molecule has 0 aromatic rings. The highest BCUT2D eigenvalue weighted by molar-refractivity contribution is 5.94. The number of likely N-dealkylation sites (N-methyl/N-ethyl adjacent to an activating group) is 2. The first-order chi connectivity index (χ1) is 6.82. The fourth-order valence-electron chi connectivity index (χ4n) is 0.850. The largest absolute Gasteiger partial charge is 0.351 e. The number of primary amides is 1. The van der Waals surface area contributed by atoms with Crippen LogP contribution in [0.15, 0.2) is 0 Å². The molecule has 0 saturated heterocycles. The monoisotopic (exact) mass is 216 g/mol. The van der Waals surface area contributed by atoms with Gasteiger partial charge in [0.15, 0.2) is 0 Å². The first kappa shape index (κ1) is 13.4. The van der Waals surface area contributed by atoms with E-state index in [1.165, 1.54) is 9.80 Å². The Morgan fingerprint density at radius 2 is 1.67 bits per heavy atom. The summed E-state index contributed by atoms with van der Waals surface area (Å²) < 4.78 is 0. The summed E-state index contributed by atoms with van der Waals surface area (Å²) in [6.45, 7) is 0.0572. The topological polar surface area (TPSA) is 95.7 Å². The van der Waals surface area contributed by atoms with E-state index in [0.717, 1.165) is 0 Å². The maximum Gasteiger partial charge on any atom is 0.318 e. The fraction of sp³-hybridized carbons (Fsp3) is 0.625. The molecule has 0 fully saturated rings. The van der Waals surface area contributed by atoms with Gasteiger partial charge >= 0.3 is 6.03 Å². The Balaban J connectivity index is 3.93. The van der Waals surface area contributed by atoms with E-state index in [1.807, 2.05) is 5.32 Å². The lowest BCUT2D eigenvalue weighted by Gasteiger charge is -2.17. The van der Waals surface area contributed by atoms with Crippen LogP contribution in [0, 0.1) is 0 Å². The molecule has 0 atom stereocenters. The Morgan fingerprint density at radius 1 is 1.13 bits per heavy atom. The van der Waals surface area contributed by atoms with E-state index >= 15 is 0 Å². The Morgan fingerprint density at radius 3 is 2.07 bits per heavy atom. The van der Waals surface area contributed by atoms with E-state index in [4.69, 9.17) is 5.73 Å². The number of nitrogens with two attached hydrogens (primary N) is 1. The number of imide groups is 1. The van der Waals surface area contributed by atoms with Gasteiger partial charge in [0.1, 0.15) is 0 Å². The van der Waals surface area contributed by atoms with Gasteiger partial charge in [-0.15, -0.1) is 0 Å². The van der Waals surface area contributed by atoms with Crippen LogP contribution < -0.4 is 11.1 Å². The molecular formula is C8H16N4O3. The fourth-order valence-corrected chi connectivity index (χ4v) is 0.850. The Kier molecular flexibility index (Phi) is 5.32. The Bertz CT molecular complexity index is 265. The third-order valence-electron chi connectivity index (χ3n) is 1.58. The second-order valence-electron chi connectivity index (χ2n) is 3.37. The average Bonchev–Trinajstić information content (AvgIpc) is 2.00. The van der Waals surface area contributed by atoms with Gasteiger partial charge in [0.25, 0.3) is 0 Å². The van der Waals surface area contributed by atoms with Crippen molar-refractivity contribution >= 4 is 17.8 Å². The zero-order valence-corrected chi connectivity index (χ0v) is 9.11. The molecule has 4 amide bonds. The second kappa shape index (κ2) is 5.97. The zero-order chi connectivity index (χ0) is 12.0. The van der Waals surface area contributed by atoms with Gasteiger partial charge in [0.05, 0.1) is 13.1 Å². The van der Waals surface area contributed by atoms with Gasteiger partial charge < -0.3 is 10.6 Å². The summed E-state index contributed by atoms with van der Waals surface area (Å²) in [6, 6.07) is -0.896. The molecule has 0 aromatic carbocycles. The number of hydrogen-bond acceptors (Lipinski definition) is 4. The lowest BCUT2D eigenvalue weighted by Crippen LogP contribution is -2.43. The molecule has 0 saturated carbocycles. The number of hydrogen-bond donors (Lipinski definition) is 2. The van der Waals surface area contributed by atoms with E-state index < -0.39 is 11.9 Å². The lowest BCUT2D eigenvalue weighted by atomic mass is 10.4. The molecule has 0 heterocycles. The number of nitrogens with one attached hydrogen (secondary N) is 1. The number of nitrogens with zero attached hydrogens (tertiary/aromatic N) is 2. The molecule has 7 heteroatoms. The zero-order valence-electron chi connectivity index (χ0n) is 9.11. The van der Waals surface area contributed by atoms with Gasteiger partial charge in [-0.3, -0.25) is 19.8 Å². The molecular weight excluding hydrogens is 200 g/mol. The minimum atomic E-state index is -0.896. The van der Waals surface area contributed by atoms with Crippen LogP contribution in [0.5, 0.6) is 0 Å². The van der Waals surface area contributed by atoms with Crippen molar-refractivity contribution in [2.75, 3.05) is 34.2 Å². The second-order valence-corrected chi connectivity index (χ2v) is 3.37. The van der Waals surface area contributed by atoms with Gasteiger partial charge in [-0.1, -0.05) is 0 Å². The summed E-state index contributed by atoms with van der Waals surface area (Å²) in [5, 5.41) is 1.91. The van der Waals surface area contributed by atoms with Crippen molar-refractivity contribution in [2.24, 2.45) is 5.73 Å². The summed E-state index contributed by atoms with van der Waals surface area (Å²) in [5.74, 6) is -0.652. The van der Waals surface area contributed by atoms with Gasteiger partial charge in [0, 0.05) is 14.1 Å². The molecule has 0 spiro atoms. The highest BCUT2D eigenvalue weighted by Gasteiger charge is 2.12. The molecule has 15 heavy (non-hydrogen) atoms. The highest BCUT2D eigenvalue weighted by atomic mass is 16.2. The van der Waals surface area contributed by atoms with Crippen LogP contribution >= 0.6 is 0 Å². The van der Waals surface area contributed by atoms with Gasteiger partial charge in [-0.05, 0) is 7.05 Å². The molecule has 3 N–H and O–H groups in total. The predicted molar refractivity (Wildman–Crippen MR) is 53.9 cm³/mol. The maximum absolute atomic E-state index is 11.2. The summed E-state index contributed by atoms with van der Waals surface area (Å²) in [6.07, 6.45) is 0. The van der Waals surface area contributed by atoms with Crippen LogP contribution in [0.4, 0.5) is 4.79 Å². The van der Waals surface area contributed by atoms with Gasteiger partial charge in [0.2, 0.25) is 11.8 Å². The van der Waals surface area contributed by atoms with E-state index in [2.05, 4.69) is 0 Å².